The molecule has 0 aliphatic rings. The molecule has 3 aromatic carbocycles. The first-order valence-corrected chi connectivity index (χ1v) is 12.5. The first-order valence-electron chi connectivity index (χ1n) is 11.7. The number of rotatable bonds is 10. The second-order valence-electron chi connectivity index (χ2n) is 7.95. The van der Waals surface area contributed by atoms with E-state index in [1.807, 2.05) is 44.2 Å². The number of esters is 1. The highest BCUT2D eigenvalue weighted by Crippen LogP contribution is 2.35. The Balaban J connectivity index is 1.78. The third-order valence-electron chi connectivity index (χ3n) is 5.20. The Morgan fingerprint density at radius 3 is 2.27 bits per heavy atom. The molecule has 0 aliphatic heterocycles. The van der Waals surface area contributed by atoms with Crippen molar-refractivity contribution in [2.75, 3.05) is 18.5 Å². The zero-order chi connectivity index (χ0) is 26.8. The summed E-state index contributed by atoms with van der Waals surface area (Å²) in [5.74, 6) is 0.00239. The molecule has 8 heteroatoms. The lowest BCUT2D eigenvalue weighted by molar-refractivity contribution is -0.112. The van der Waals surface area contributed by atoms with E-state index in [0.717, 1.165) is 5.56 Å². The molecule has 0 radical (unpaired) electrons. The number of nitriles is 1. The highest BCUT2D eigenvalue weighted by molar-refractivity contribution is 9.10. The van der Waals surface area contributed by atoms with Gasteiger partial charge in [-0.1, -0.05) is 45.8 Å². The Hall–Kier alpha value is -4.09. The van der Waals surface area contributed by atoms with Crippen LogP contribution in [0, 0.1) is 18.3 Å². The van der Waals surface area contributed by atoms with Gasteiger partial charge < -0.3 is 19.5 Å². The maximum atomic E-state index is 12.8. The average molecular weight is 563 g/mol. The van der Waals surface area contributed by atoms with Crippen molar-refractivity contribution in [1.29, 1.82) is 5.26 Å². The van der Waals surface area contributed by atoms with E-state index < -0.39 is 11.9 Å². The predicted molar refractivity (Wildman–Crippen MR) is 145 cm³/mol. The van der Waals surface area contributed by atoms with Crippen molar-refractivity contribution in [3.05, 3.63) is 93.0 Å². The van der Waals surface area contributed by atoms with E-state index in [9.17, 15) is 14.9 Å². The van der Waals surface area contributed by atoms with Gasteiger partial charge in [-0.25, -0.2) is 4.79 Å². The number of aryl methyl sites for hydroxylation is 1. The van der Waals surface area contributed by atoms with E-state index in [1.54, 1.807) is 43.3 Å². The maximum absolute atomic E-state index is 12.8. The van der Waals surface area contributed by atoms with Crippen LogP contribution in [-0.2, 0) is 16.1 Å². The molecule has 0 heterocycles. The fourth-order valence-corrected chi connectivity index (χ4v) is 3.73. The molecule has 0 saturated heterocycles. The van der Waals surface area contributed by atoms with Crippen LogP contribution in [0.5, 0.6) is 11.5 Å². The SMILES string of the molecule is CCOC(=O)c1ccc(NC(=O)/C(C#N)=C/c2cc(OCC)c(OCc3ccc(C)cc3)cc2Br)cc1. The van der Waals surface area contributed by atoms with Crippen LogP contribution >= 0.6 is 15.9 Å². The quantitative estimate of drug-likeness (QED) is 0.173. The summed E-state index contributed by atoms with van der Waals surface area (Å²) in [6, 6.07) is 19.7. The van der Waals surface area contributed by atoms with E-state index in [-0.39, 0.29) is 12.2 Å². The molecule has 190 valence electrons. The minimum atomic E-state index is -0.587. The van der Waals surface area contributed by atoms with Crippen molar-refractivity contribution >= 4 is 39.6 Å². The Labute approximate surface area is 224 Å². The fourth-order valence-electron chi connectivity index (χ4n) is 3.29. The van der Waals surface area contributed by atoms with Crippen LogP contribution < -0.4 is 14.8 Å². The zero-order valence-electron chi connectivity index (χ0n) is 20.8. The normalized spacial score (nSPS) is 10.8. The Kier molecular flexibility index (Phi) is 9.87. The molecule has 0 aliphatic carbocycles. The third kappa shape index (κ3) is 7.69. The molecule has 0 spiro atoms. The van der Waals surface area contributed by atoms with Gasteiger partial charge in [-0.3, -0.25) is 4.79 Å². The summed E-state index contributed by atoms with van der Waals surface area (Å²) in [7, 11) is 0. The average Bonchev–Trinajstić information content (AvgIpc) is 2.89. The van der Waals surface area contributed by atoms with Crippen LogP contribution in [0.2, 0.25) is 0 Å². The van der Waals surface area contributed by atoms with E-state index in [2.05, 4.69) is 21.2 Å². The molecular formula is C29H27BrN2O5. The van der Waals surface area contributed by atoms with Crippen molar-refractivity contribution in [3.8, 4) is 17.6 Å². The number of halogens is 1. The van der Waals surface area contributed by atoms with Gasteiger partial charge in [0.25, 0.3) is 5.91 Å². The molecule has 3 aromatic rings. The van der Waals surface area contributed by atoms with Crippen LogP contribution in [0.25, 0.3) is 6.08 Å². The number of carbonyl (C=O) groups excluding carboxylic acids is 2. The first-order chi connectivity index (χ1) is 17.8. The number of amides is 1. The molecule has 1 amide bonds. The molecule has 7 nitrogen and oxygen atoms in total. The largest absolute Gasteiger partial charge is 0.490 e. The van der Waals surface area contributed by atoms with E-state index in [1.165, 1.54) is 11.6 Å². The van der Waals surface area contributed by atoms with Gasteiger partial charge in [0.05, 0.1) is 18.8 Å². The summed E-state index contributed by atoms with van der Waals surface area (Å²) in [6.07, 6.45) is 1.47. The van der Waals surface area contributed by atoms with Crippen LogP contribution in [-0.4, -0.2) is 25.1 Å². The smallest absolute Gasteiger partial charge is 0.338 e. The van der Waals surface area contributed by atoms with Crippen LogP contribution in [0.1, 0.15) is 40.9 Å². The van der Waals surface area contributed by atoms with Gasteiger partial charge >= 0.3 is 5.97 Å². The number of nitrogens with one attached hydrogen (secondary N) is 1. The van der Waals surface area contributed by atoms with Gasteiger partial charge in [-0.15, -0.1) is 0 Å². The van der Waals surface area contributed by atoms with Crippen molar-refractivity contribution in [2.24, 2.45) is 0 Å². The highest BCUT2D eigenvalue weighted by atomic mass is 79.9. The minimum Gasteiger partial charge on any atom is -0.490 e. The lowest BCUT2D eigenvalue weighted by Crippen LogP contribution is -2.13. The van der Waals surface area contributed by atoms with Crippen LogP contribution in [0.15, 0.2) is 70.7 Å². The van der Waals surface area contributed by atoms with Gasteiger partial charge in [0.1, 0.15) is 18.2 Å². The molecule has 37 heavy (non-hydrogen) atoms. The van der Waals surface area contributed by atoms with Gasteiger partial charge in [0.15, 0.2) is 11.5 Å². The minimum absolute atomic E-state index is 0.106. The number of nitrogens with zero attached hydrogens (tertiary/aromatic N) is 1. The molecule has 0 aromatic heterocycles. The molecule has 0 fully saturated rings. The Morgan fingerprint density at radius 2 is 1.65 bits per heavy atom. The standard InChI is InChI=1S/C29H27BrN2O5/c1-4-35-26-15-22(25(30)16-27(26)37-18-20-8-6-19(3)7-9-20)14-23(17-31)28(33)32-24-12-10-21(11-13-24)29(34)36-5-2/h6-16H,4-5,18H2,1-3H3,(H,32,33)/b23-14+. The summed E-state index contributed by atoms with van der Waals surface area (Å²) in [4.78, 5) is 24.6. The van der Waals surface area contributed by atoms with E-state index >= 15 is 0 Å². The van der Waals surface area contributed by atoms with Crippen LogP contribution in [0.3, 0.4) is 0 Å². The van der Waals surface area contributed by atoms with Crippen LogP contribution in [0.4, 0.5) is 5.69 Å². The summed E-state index contributed by atoms with van der Waals surface area (Å²) in [5, 5.41) is 12.3. The Morgan fingerprint density at radius 1 is 0.973 bits per heavy atom. The van der Waals surface area contributed by atoms with Gasteiger partial charge in [0, 0.05) is 10.2 Å². The lowest BCUT2D eigenvalue weighted by Gasteiger charge is -2.14. The number of hydrogen-bond donors (Lipinski definition) is 1. The van der Waals surface area contributed by atoms with Crippen molar-refractivity contribution < 1.29 is 23.8 Å². The van der Waals surface area contributed by atoms with Gasteiger partial charge in [-0.05, 0) is 74.4 Å². The monoisotopic (exact) mass is 562 g/mol. The van der Waals surface area contributed by atoms with E-state index in [4.69, 9.17) is 14.2 Å². The first kappa shape index (κ1) is 27.5. The number of anilines is 1. The Bertz CT molecular complexity index is 1330. The maximum Gasteiger partial charge on any atom is 0.338 e. The highest BCUT2D eigenvalue weighted by Gasteiger charge is 2.15. The molecule has 0 unspecified atom stereocenters. The molecule has 0 bridgehead atoms. The van der Waals surface area contributed by atoms with E-state index in [0.29, 0.717) is 46.0 Å². The summed E-state index contributed by atoms with van der Waals surface area (Å²) < 4.78 is 17.4. The second-order valence-corrected chi connectivity index (χ2v) is 8.80. The molecule has 3 rings (SSSR count). The molecule has 0 saturated carbocycles. The van der Waals surface area contributed by atoms with Crippen molar-refractivity contribution in [3.63, 3.8) is 0 Å². The summed E-state index contributed by atoms with van der Waals surface area (Å²) in [5.41, 5.74) is 3.47. The predicted octanol–water partition coefficient (Wildman–Crippen LogP) is 6.46. The fraction of sp³-hybridized carbons (Fsp3) is 0.207. The molecule has 0 atom stereocenters. The lowest BCUT2D eigenvalue weighted by atomic mass is 10.1. The number of hydrogen-bond acceptors (Lipinski definition) is 6. The van der Waals surface area contributed by atoms with Crippen molar-refractivity contribution in [1.82, 2.24) is 0 Å². The number of ether oxygens (including phenoxy) is 3. The summed E-state index contributed by atoms with van der Waals surface area (Å²) >= 11 is 3.51. The topological polar surface area (TPSA) is 97.7 Å². The zero-order valence-corrected chi connectivity index (χ0v) is 22.4. The van der Waals surface area contributed by atoms with Gasteiger partial charge in [0.2, 0.25) is 0 Å². The number of benzene rings is 3. The third-order valence-corrected chi connectivity index (χ3v) is 5.88. The summed E-state index contributed by atoms with van der Waals surface area (Å²) in [6.45, 7) is 6.67. The van der Waals surface area contributed by atoms with Crippen molar-refractivity contribution in [2.45, 2.75) is 27.4 Å². The molecular weight excluding hydrogens is 536 g/mol. The second kappa shape index (κ2) is 13.3. The van der Waals surface area contributed by atoms with Gasteiger partial charge in [-0.2, -0.15) is 5.26 Å². The number of carbonyl (C=O) groups is 2. The molecule has 1 N–H and O–H groups in total.